The van der Waals surface area contributed by atoms with Crippen LogP contribution in [-0.4, -0.2) is 31.1 Å². The van der Waals surface area contributed by atoms with E-state index in [0.717, 1.165) is 24.3 Å². The maximum absolute atomic E-state index is 11.8. The number of nitrogens with one attached hydrogen (secondary N) is 3. The van der Waals surface area contributed by atoms with Crippen LogP contribution in [0.25, 0.3) is 0 Å². The lowest BCUT2D eigenvalue weighted by Gasteiger charge is -2.20. The van der Waals surface area contributed by atoms with Gasteiger partial charge in [0.05, 0.1) is 12.1 Å². The van der Waals surface area contributed by atoms with Gasteiger partial charge in [-0.05, 0) is 31.5 Å². The van der Waals surface area contributed by atoms with Gasteiger partial charge >= 0.3 is 0 Å². The van der Waals surface area contributed by atoms with Crippen LogP contribution in [0.5, 0.6) is 0 Å². The van der Waals surface area contributed by atoms with Crippen molar-refractivity contribution in [2.75, 3.05) is 18.0 Å². The van der Waals surface area contributed by atoms with E-state index in [2.05, 4.69) is 46.7 Å². The molecule has 1 aliphatic heterocycles. The Hall–Kier alpha value is -2.83. The van der Waals surface area contributed by atoms with Crippen molar-refractivity contribution in [1.29, 1.82) is 0 Å². The molecule has 1 saturated heterocycles. The molecule has 0 spiro atoms. The summed E-state index contributed by atoms with van der Waals surface area (Å²) in [5.74, 6) is -1.16. The highest BCUT2D eigenvalue weighted by Gasteiger charge is 2.29. The molecule has 1 aromatic rings. The molecule has 128 valence electrons. The average Bonchev–Trinajstić information content (AvgIpc) is 2.89. The third-order valence-corrected chi connectivity index (χ3v) is 3.90. The van der Waals surface area contributed by atoms with Gasteiger partial charge in [-0.1, -0.05) is 18.7 Å². The fraction of sp³-hybridized carbons (Fsp3) is 0.353. The summed E-state index contributed by atoms with van der Waals surface area (Å²) >= 11 is 0. The molecular weight excluding hydrogens is 306 g/mol. The van der Waals surface area contributed by atoms with Gasteiger partial charge < -0.3 is 10.3 Å². The number of nitrogens with zero attached hydrogens (tertiary/aromatic N) is 2. The molecular formula is C17H23N5O2. The normalized spacial score (nSPS) is 16.8. The molecule has 0 radical (unpaired) electrons. The lowest BCUT2D eigenvalue weighted by Crippen LogP contribution is -2.27. The summed E-state index contributed by atoms with van der Waals surface area (Å²) in [5, 5.41) is 3.93. The molecule has 1 heterocycles. The van der Waals surface area contributed by atoms with E-state index < -0.39 is 5.92 Å². The number of rotatable bonds is 7. The van der Waals surface area contributed by atoms with Crippen LogP contribution in [0.4, 0.5) is 5.69 Å². The topological polar surface area (TPSA) is 85.8 Å². The van der Waals surface area contributed by atoms with Crippen molar-refractivity contribution < 1.29 is 9.59 Å². The standard InChI is InChI=1S/C17H23N5O2/c1-4-22(5-2)14-8-6-13(7-9-14)11-18-20-16(23)10-15-12(3)19-21-17(15)24/h6-9,11,15,19H,3-5,10H2,1-2H3,(H,20,23)(H,21,24). The highest BCUT2D eigenvalue weighted by molar-refractivity contribution is 5.90. The molecule has 0 bridgehead atoms. The van der Waals surface area contributed by atoms with Crippen molar-refractivity contribution in [3.05, 3.63) is 42.1 Å². The number of anilines is 1. The van der Waals surface area contributed by atoms with Crippen LogP contribution < -0.4 is 21.2 Å². The van der Waals surface area contributed by atoms with Gasteiger partial charge in [-0.2, -0.15) is 5.10 Å². The van der Waals surface area contributed by atoms with Crippen LogP contribution in [0.15, 0.2) is 41.6 Å². The first-order chi connectivity index (χ1) is 11.5. The second-order valence-electron chi connectivity index (χ2n) is 5.45. The monoisotopic (exact) mass is 329 g/mol. The molecule has 0 aliphatic carbocycles. The van der Waals surface area contributed by atoms with E-state index in [1.54, 1.807) is 6.21 Å². The van der Waals surface area contributed by atoms with Crippen LogP contribution in [-0.2, 0) is 9.59 Å². The summed E-state index contributed by atoms with van der Waals surface area (Å²) in [6.07, 6.45) is 1.58. The number of carbonyl (C=O) groups is 2. The van der Waals surface area contributed by atoms with Crippen LogP contribution >= 0.6 is 0 Å². The van der Waals surface area contributed by atoms with Crippen LogP contribution in [0.1, 0.15) is 25.8 Å². The average molecular weight is 329 g/mol. The minimum absolute atomic E-state index is 0.00983. The van der Waals surface area contributed by atoms with Gasteiger partial charge in [-0.15, -0.1) is 0 Å². The summed E-state index contributed by atoms with van der Waals surface area (Å²) in [7, 11) is 0. The van der Waals surface area contributed by atoms with Crippen molar-refractivity contribution in [2.24, 2.45) is 11.0 Å². The van der Waals surface area contributed by atoms with E-state index in [-0.39, 0.29) is 18.2 Å². The largest absolute Gasteiger partial charge is 0.372 e. The Labute approximate surface area is 141 Å². The molecule has 7 heteroatoms. The van der Waals surface area contributed by atoms with Gasteiger partial charge in [-0.25, -0.2) is 5.43 Å². The first-order valence-corrected chi connectivity index (χ1v) is 7.96. The Morgan fingerprint density at radius 3 is 2.50 bits per heavy atom. The number of hydrazine groups is 1. The van der Waals surface area contributed by atoms with Crippen LogP contribution in [0, 0.1) is 5.92 Å². The van der Waals surface area contributed by atoms with Crippen molar-refractivity contribution in [2.45, 2.75) is 20.3 Å². The molecule has 0 aromatic heterocycles. The van der Waals surface area contributed by atoms with E-state index in [4.69, 9.17) is 0 Å². The van der Waals surface area contributed by atoms with Gasteiger partial charge in [0, 0.05) is 30.9 Å². The Morgan fingerprint density at radius 2 is 1.96 bits per heavy atom. The van der Waals surface area contributed by atoms with E-state index >= 15 is 0 Å². The smallest absolute Gasteiger partial charge is 0.247 e. The predicted molar refractivity (Wildman–Crippen MR) is 94.3 cm³/mol. The zero-order valence-corrected chi connectivity index (χ0v) is 14.0. The zero-order chi connectivity index (χ0) is 17.5. The van der Waals surface area contributed by atoms with Crippen molar-refractivity contribution in [1.82, 2.24) is 16.3 Å². The van der Waals surface area contributed by atoms with E-state index in [0.29, 0.717) is 5.70 Å². The number of benzene rings is 1. The minimum Gasteiger partial charge on any atom is -0.372 e. The summed E-state index contributed by atoms with van der Waals surface area (Å²) in [6, 6.07) is 7.93. The molecule has 1 aliphatic rings. The lowest BCUT2D eigenvalue weighted by atomic mass is 10.0. The van der Waals surface area contributed by atoms with Gasteiger partial charge in [0.1, 0.15) is 0 Å². The molecule has 1 atom stereocenters. The van der Waals surface area contributed by atoms with E-state index in [1.807, 2.05) is 24.3 Å². The molecule has 24 heavy (non-hydrogen) atoms. The van der Waals surface area contributed by atoms with Crippen molar-refractivity contribution >= 4 is 23.7 Å². The van der Waals surface area contributed by atoms with Gasteiger partial charge in [-0.3, -0.25) is 15.0 Å². The zero-order valence-electron chi connectivity index (χ0n) is 14.0. The molecule has 1 aromatic carbocycles. The van der Waals surface area contributed by atoms with Crippen molar-refractivity contribution in [3.63, 3.8) is 0 Å². The highest BCUT2D eigenvalue weighted by atomic mass is 16.2. The van der Waals surface area contributed by atoms with Gasteiger partial charge in [0.15, 0.2) is 0 Å². The molecule has 1 unspecified atom stereocenters. The van der Waals surface area contributed by atoms with Crippen LogP contribution in [0.2, 0.25) is 0 Å². The maximum Gasteiger partial charge on any atom is 0.247 e. The summed E-state index contributed by atoms with van der Waals surface area (Å²) in [6.45, 7) is 9.82. The Morgan fingerprint density at radius 1 is 1.29 bits per heavy atom. The minimum atomic E-state index is -0.562. The second kappa shape index (κ2) is 8.14. The molecule has 7 nitrogen and oxygen atoms in total. The van der Waals surface area contributed by atoms with Gasteiger partial charge in [0.2, 0.25) is 11.8 Å². The number of amides is 2. The van der Waals surface area contributed by atoms with Crippen LogP contribution in [0.3, 0.4) is 0 Å². The fourth-order valence-corrected chi connectivity index (χ4v) is 2.46. The number of hydrazone groups is 1. The Balaban J connectivity index is 1.86. The predicted octanol–water partition coefficient (Wildman–Crippen LogP) is 1.14. The maximum atomic E-state index is 11.8. The summed E-state index contributed by atoms with van der Waals surface area (Å²) < 4.78 is 0. The van der Waals surface area contributed by atoms with Crippen molar-refractivity contribution in [3.8, 4) is 0 Å². The van der Waals surface area contributed by atoms with E-state index in [1.165, 1.54) is 0 Å². The fourth-order valence-electron chi connectivity index (χ4n) is 2.46. The number of carbonyl (C=O) groups excluding carboxylic acids is 2. The number of hydrogen-bond donors (Lipinski definition) is 3. The summed E-state index contributed by atoms with van der Waals surface area (Å²) in [4.78, 5) is 25.6. The van der Waals surface area contributed by atoms with Gasteiger partial charge in [0.25, 0.3) is 0 Å². The second-order valence-corrected chi connectivity index (χ2v) is 5.45. The lowest BCUT2D eigenvalue weighted by molar-refractivity contribution is -0.127. The molecule has 0 saturated carbocycles. The number of hydrogen-bond acceptors (Lipinski definition) is 5. The third kappa shape index (κ3) is 4.34. The Bertz CT molecular complexity index is 619. The Kier molecular flexibility index (Phi) is 5.95. The first kappa shape index (κ1) is 17.5. The van der Waals surface area contributed by atoms with E-state index in [9.17, 15) is 9.59 Å². The summed E-state index contributed by atoms with van der Waals surface area (Å²) in [5.41, 5.74) is 9.99. The molecule has 3 N–H and O–H groups in total. The molecule has 2 amide bonds. The highest BCUT2D eigenvalue weighted by Crippen LogP contribution is 2.15. The SMILES string of the molecule is C=C1NNC(=O)C1CC(=O)NN=Cc1ccc(N(CC)CC)cc1. The first-order valence-electron chi connectivity index (χ1n) is 7.96. The molecule has 2 rings (SSSR count). The third-order valence-electron chi connectivity index (χ3n) is 3.90. The quantitative estimate of drug-likeness (QED) is 0.517. The molecule has 1 fully saturated rings.